The van der Waals surface area contributed by atoms with Crippen molar-refractivity contribution in [2.45, 2.75) is 26.5 Å². The third kappa shape index (κ3) is 5.52. The summed E-state index contributed by atoms with van der Waals surface area (Å²) in [5.74, 6) is 1.30. The van der Waals surface area contributed by atoms with Crippen molar-refractivity contribution in [1.82, 2.24) is 5.32 Å². The van der Waals surface area contributed by atoms with Gasteiger partial charge in [0.1, 0.15) is 18.1 Å². The fourth-order valence-corrected chi connectivity index (χ4v) is 3.14. The van der Waals surface area contributed by atoms with Gasteiger partial charge >= 0.3 is 0 Å². The highest BCUT2D eigenvalue weighted by atomic mass is 35.5. The zero-order chi connectivity index (χ0) is 20.8. The molecule has 1 N–H and O–H groups in total. The van der Waals surface area contributed by atoms with Crippen molar-refractivity contribution >= 4 is 17.5 Å². The Balaban J connectivity index is 1.72. The smallest absolute Gasteiger partial charge is 0.251 e. The number of hydrogen-bond donors (Lipinski definition) is 1. The number of methoxy groups -OCH3 is 1. The van der Waals surface area contributed by atoms with Gasteiger partial charge in [-0.3, -0.25) is 4.79 Å². The van der Waals surface area contributed by atoms with Crippen molar-refractivity contribution < 1.29 is 14.3 Å². The van der Waals surface area contributed by atoms with Gasteiger partial charge in [-0.05, 0) is 67.4 Å². The first kappa shape index (κ1) is 20.7. The second-order valence-corrected chi connectivity index (χ2v) is 7.31. The van der Waals surface area contributed by atoms with Crippen LogP contribution in [0.25, 0.3) is 0 Å². The SMILES string of the molecule is COc1ccc(C(=O)NC(C)c2ccc(Cl)cc2)cc1COc1cccc(C)c1. The Morgan fingerprint density at radius 1 is 1.07 bits per heavy atom. The quantitative estimate of drug-likeness (QED) is 0.542. The van der Waals surface area contributed by atoms with E-state index in [-0.39, 0.29) is 11.9 Å². The molecule has 1 amide bonds. The predicted molar refractivity (Wildman–Crippen MR) is 116 cm³/mol. The normalized spacial score (nSPS) is 11.6. The first-order chi connectivity index (χ1) is 14.0. The van der Waals surface area contributed by atoms with Crippen LogP contribution in [-0.4, -0.2) is 13.0 Å². The summed E-state index contributed by atoms with van der Waals surface area (Å²) < 4.78 is 11.3. The maximum absolute atomic E-state index is 12.7. The average Bonchev–Trinajstić information content (AvgIpc) is 2.72. The molecular weight excluding hydrogens is 386 g/mol. The van der Waals surface area contributed by atoms with Crippen LogP contribution in [0.1, 0.15) is 40.0 Å². The first-order valence-electron chi connectivity index (χ1n) is 9.39. The standard InChI is InChI=1S/C24H24ClNO3/c1-16-5-4-6-22(13-16)29-15-20-14-19(9-12-23(20)28-3)24(27)26-17(2)18-7-10-21(25)11-8-18/h4-14,17H,15H2,1-3H3,(H,26,27). The van der Waals surface area contributed by atoms with E-state index in [1.165, 1.54) is 0 Å². The van der Waals surface area contributed by atoms with Gasteiger partial charge in [0, 0.05) is 16.1 Å². The molecule has 4 nitrogen and oxygen atoms in total. The number of carbonyl (C=O) groups excluding carboxylic acids is 1. The lowest BCUT2D eigenvalue weighted by Gasteiger charge is -2.16. The molecule has 150 valence electrons. The molecule has 5 heteroatoms. The summed E-state index contributed by atoms with van der Waals surface area (Å²) in [6, 6.07) is 20.5. The van der Waals surface area contributed by atoms with Crippen molar-refractivity contribution in [3.05, 3.63) is 94.0 Å². The molecule has 0 fully saturated rings. The van der Waals surface area contributed by atoms with Crippen molar-refractivity contribution in [1.29, 1.82) is 0 Å². The summed E-state index contributed by atoms with van der Waals surface area (Å²) in [7, 11) is 1.61. The van der Waals surface area contributed by atoms with Crippen LogP contribution in [0.2, 0.25) is 5.02 Å². The highest BCUT2D eigenvalue weighted by molar-refractivity contribution is 6.30. The van der Waals surface area contributed by atoms with Gasteiger partial charge in [0.05, 0.1) is 13.2 Å². The molecule has 0 saturated heterocycles. The predicted octanol–water partition coefficient (Wildman–Crippen LogP) is 5.73. The molecule has 0 heterocycles. The van der Waals surface area contributed by atoms with Crippen LogP contribution < -0.4 is 14.8 Å². The number of aryl methyl sites for hydroxylation is 1. The number of rotatable bonds is 7. The van der Waals surface area contributed by atoms with E-state index in [9.17, 15) is 4.79 Å². The minimum atomic E-state index is -0.160. The fourth-order valence-electron chi connectivity index (χ4n) is 3.01. The molecule has 0 aliphatic carbocycles. The molecule has 0 saturated carbocycles. The fraction of sp³-hybridized carbons (Fsp3) is 0.208. The Morgan fingerprint density at radius 3 is 2.52 bits per heavy atom. The van der Waals surface area contributed by atoms with Crippen molar-refractivity contribution in [3.8, 4) is 11.5 Å². The molecule has 0 aromatic heterocycles. The van der Waals surface area contributed by atoms with Crippen LogP contribution in [0, 0.1) is 6.92 Å². The number of hydrogen-bond acceptors (Lipinski definition) is 3. The maximum atomic E-state index is 12.7. The van der Waals surface area contributed by atoms with E-state index in [2.05, 4.69) is 5.32 Å². The zero-order valence-electron chi connectivity index (χ0n) is 16.7. The molecule has 0 radical (unpaired) electrons. The van der Waals surface area contributed by atoms with E-state index in [0.717, 1.165) is 22.4 Å². The minimum Gasteiger partial charge on any atom is -0.496 e. The Labute approximate surface area is 176 Å². The van der Waals surface area contributed by atoms with Crippen LogP contribution in [0.5, 0.6) is 11.5 Å². The van der Waals surface area contributed by atoms with Crippen LogP contribution in [-0.2, 0) is 6.61 Å². The Morgan fingerprint density at radius 2 is 1.83 bits per heavy atom. The van der Waals surface area contributed by atoms with Gasteiger partial charge in [-0.1, -0.05) is 35.9 Å². The molecule has 3 rings (SSSR count). The molecule has 3 aromatic rings. The minimum absolute atomic E-state index is 0.145. The van der Waals surface area contributed by atoms with Crippen LogP contribution in [0.3, 0.4) is 0 Å². The van der Waals surface area contributed by atoms with Crippen LogP contribution in [0.15, 0.2) is 66.7 Å². The van der Waals surface area contributed by atoms with Gasteiger partial charge in [0.25, 0.3) is 5.91 Å². The molecule has 0 aliphatic heterocycles. The van der Waals surface area contributed by atoms with Crippen molar-refractivity contribution in [2.24, 2.45) is 0 Å². The summed E-state index contributed by atoms with van der Waals surface area (Å²) in [6.45, 7) is 4.26. The largest absolute Gasteiger partial charge is 0.496 e. The van der Waals surface area contributed by atoms with E-state index in [0.29, 0.717) is 22.9 Å². The average molecular weight is 410 g/mol. The molecule has 29 heavy (non-hydrogen) atoms. The van der Waals surface area contributed by atoms with Crippen LogP contribution >= 0.6 is 11.6 Å². The molecule has 3 aromatic carbocycles. The van der Waals surface area contributed by atoms with E-state index < -0.39 is 0 Å². The van der Waals surface area contributed by atoms with Gasteiger partial charge in [0.15, 0.2) is 0 Å². The van der Waals surface area contributed by atoms with Gasteiger partial charge in [-0.25, -0.2) is 0 Å². The molecular formula is C24H24ClNO3. The second kappa shape index (κ2) is 9.48. The lowest BCUT2D eigenvalue weighted by molar-refractivity contribution is 0.0939. The van der Waals surface area contributed by atoms with E-state index >= 15 is 0 Å². The van der Waals surface area contributed by atoms with Crippen molar-refractivity contribution in [3.63, 3.8) is 0 Å². The second-order valence-electron chi connectivity index (χ2n) is 6.88. The molecule has 0 spiro atoms. The number of amides is 1. The van der Waals surface area contributed by atoms with E-state index in [1.807, 2.05) is 62.4 Å². The molecule has 1 atom stereocenters. The monoisotopic (exact) mass is 409 g/mol. The Bertz CT molecular complexity index is 986. The highest BCUT2D eigenvalue weighted by Gasteiger charge is 2.14. The number of nitrogens with one attached hydrogen (secondary N) is 1. The summed E-state index contributed by atoms with van der Waals surface area (Å²) in [5.41, 5.74) is 3.47. The lowest BCUT2D eigenvalue weighted by atomic mass is 10.1. The van der Waals surface area contributed by atoms with E-state index in [4.69, 9.17) is 21.1 Å². The van der Waals surface area contributed by atoms with Gasteiger partial charge in [-0.15, -0.1) is 0 Å². The number of benzene rings is 3. The maximum Gasteiger partial charge on any atom is 0.251 e. The van der Waals surface area contributed by atoms with E-state index in [1.54, 1.807) is 25.3 Å². The Hall–Kier alpha value is -2.98. The summed E-state index contributed by atoms with van der Waals surface area (Å²) >= 11 is 5.94. The summed E-state index contributed by atoms with van der Waals surface area (Å²) in [5, 5.41) is 3.68. The highest BCUT2D eigenvalue weighted by Crippen LogP contribution is 2.23. The number of halogens is 1. The van der Waals surface area contributed by atoms with Gasteiger partial charge < -0.3 is 14.8 Å². The number of ether oxygens (including phenoxy) is 2. The third-order valence-corrected chi connectivity index (χ3v) is 4.90. The molecule has 0 bridgehead atoms. The lowest BCUT2D eigenvalue weighted by Crippen LogP contribution is -2.26. The topological polar surface area (TPSA) is 47.6 Å². The third-order valence-electron chi connectivity index (χ3n) is 4.64. The van der Waals surface area contributed by atoms with Crippen LogP contribution in [0.4, 0.5) is 0 Å². The van der Waals surface area contributed by atoms with Gasteiger partial charge in [-0.2, -0.15) is 0 Å². The molecule has 1 unspecified atom stereocenters. The Kier molecular flexibility index (Phi) is 6.78. The summed E-state index contributed by atoms with van der Waals surface area (Å²) in [4.78, 5) is 12.7. The molecule has 0 aliphatic rings. The summed E-state index contributed by atoms with van der Waals surface area (Å²) in [6.07, 6.45) is 0. The number of carbonyl (C=O) groups is 1. The van der Waals surface area contributed by atoms with Gasteiger partial charge in [0.2, 0.25) is 0 Å². The first-order valence-corrected chi connectivity index (χ1v) is 9.77. The zero-order valence-corrected chi connectivity index (χ0v) is 17.5. The van der Waals surface area contributed by atoms with Crippen molar-refractivity contribution in [2.75, 3.05) is 7.11 Å².